The van der Waals surface area contributed by atoms with Gasteiger partial charge in [-0.05, 0) is 55.0 Å². The van der Waals surface area contributed by atoms with Crippen LogP contribution < -0.4 is 4.74 Å². The minimum absolute atomic E-state index is 0.141. The molecule has 8 heteroatoms. The van der Waals surface area contributed by atoms with Crippen molar-refractivity contribution in [2.24, 2.45) is 0 Å². The Labute approximate surface area is 176 Å². The number of rotatable bonds is 6. The van der Waals surface area contributed by atoms with Crippen LogP contribution in [0.3, 0.4) is 0 Å². The number of carbonyl (C=O) groups excluding carboxylic acids is 1. The van der Waals surface area contributed by atoms with Gasteiger partial charge in [-0.15, -0.1) is 0 Å². The van der Waals surface area contributed by atoms with Crippen LogP contribution in [-0.4, -0.2) is 56.3 Å². The Kier molecular flexibility index (Phi) is 6.95. The van der Waals surface area contributed by atoms with Gasteiger partial charge in [0.2, 0.25) is 15.9 Å². The molecular formula is C21H23ClN2O4S. The molecule has 0 atom stereocenters. The number of sulfonamides is 1. The zero-order chi connectivity index (χ0) is 20.9. The summed E-state index contributed by atoms with van der Waals surface area (Å²) in [5, 5.41) is 0.637. The molecule has 1 fully saturated rings. The van der Waals surface area contributed by atoms with Crippen molar-refractivity contribution in [3.05, 3.63) is 65.2 Å². The molecule has 0 N–H and O–H groups in total. The highest BCUT2D eigenvalue weighted by atomic mass is 35.5. The van der Waals surface area contributed by atoms with Gasteiger partial charge in [0, 0.05) is 37.3 Å². The molecule has 1 heterocycles. The van der Waals surface area contributed by atoms with Gasteiger partial charge in [0.15, 0.2) is 0 Å². The van der Waals surface area contributed by atoms with Gasteiger partial charge < -0.3 is 9.64 Å². The Morgan fingerprint density at radius 1 is 1.03 bits per heavy atom. The van der Waals surface area contributed by atoms with E-state index in [2.05, 4.69) is 0 Å². The van der Waals surface area contributed by atoms with Crippen LogP contribution in [0.4, 0.5) is 0 Å². The topological polar surface area (TPSA) is 66.9 Å². The number of hydrogen-bond acceptors (Lipinski definition) is 4. The predicted octanol–water partition coefficient (Wildman–Crippen LogP) is 3.29. The third kappa shape index (κ3) is 5.38. The number of ether oxygens (including phenoxy) is 1. The monoisotopic (exact) mass is 434 g/mol. The normalized spacial score (nSPS) is 15.6. The van der Waals surface area contributed by atoms with Crippen molar-refractivity contribution in [3.8, 4) is 5.75 Å². The lowest BCUT2D eigenvalue weighted by Crippen LogP contribution is -2.50. The highest BCUT2D eigenvalue weighted by Crippen LogP contribution is 2.21. The maximum atomic E-state index is 12.8. The first-order valence-corrected chi connectivity index (χ1v) is 11.2. The van der Waals surface area contributed by atoms with Gasteiger partial charge in [0.05, 0.1) is 11.5 Å². The first kappa shape index (κ1) is 21.4. The molecule has 154 valence electrons. The summed E-state index contributed by atoms with van der Waals surface area (Å²) in [4.78, 5) is 14.3. The minimum Gasteiger partial charge on any atom is -0.494 e. The van der Waals surface area contributed by atoms with Crippen molar-refractivity contribution < 1.29 is 17.9 Å². The maximum Gasteiger partial charge on any atom is 0.246 e. The van der Waals surface area contributed by atoms with Gasteiger partial charge >= 0.3 is 0 Å². The van der Waals surface area contributed by atoms with E-state index in [-0.39, 0.29) is 23.9 Å². The predicted molar refractivity (Wildman–Crippen MR) is 113 cm³/mol. The van der Waals surface area contributed by atoms with Gasteiger partial charge in [0.25, 0.3) is 0 Å². The highest BCUT2D eigenvalue weighted by Gasteiger charge is 2.29. The average Bonchev–Trinajstić information content (AvgIpc) is 2.74. The van der Waals surface area contributed by atoms with E-state index < -0.39 is 10.0 Å². The molecule has 0 radical (unpaired) electrons. The first-order chi connectivity index (χ1) is 13.9. The third-order valence-electron chi connectivity index (χ3n) is 4.61. The second-order valence-electron chi connectivity index (χ2n) is 6.52. The molecular weight excluding hydrogens is 412 g/mol. The van der Waals surface area contributed by atoms with E-state index in [0.717, 1.165) is 5.56 Å². The third-order valence-corrected chi connectivity index (χ3v) is 6.78. The Morgan fingerprint density at radius 3 is 2.24 bits per heavy atom. The van der Waals surface area contributed by atoms with Crippen LogP contribution >= 0.6 is 11.6 Å². The molecule has 6 nitrogen and oxygen atoms in total. The lowest BCUT2D eigenvalue weighted by atomic mass is 10.2. The summed E-state index contributed by atoms with van der Waals surface area (Å²) >= 11 is 5.85. The molecule has 1 saturated heterocycles. The van der Waals surface area contributed by atoms with E-state index >= 15 is 0 Å². The molecule has 0 saturated carbocycles. The quantitative estimate of drug-likeness (QED) is 0.654. The molecule has 0 spiro atoms. The van der Waals surface area contributed by atoms with E-state index in [9.17, 15) is 13.2 Å². The van der Waals surface area contributed by atoms with Gasteiger partial charge in [-0.1, -0.05) is 23.7 Å². The number of halogens is 1. The van der Waals surface area contributed by atoms with Crippen molar-refractivity contribution in [2.45, 2.75) is 11.8 Å². The van der Waals surface area contributed by atoms with Crippen molar-refractivity contribution in [1.29, 1.82) is 0 Å². The number of benzene rings is 2. The summed E-state index contributed by atoms with van der Waals surface area (Å²) in [5.74, 6) is 0.493. The maximum absolute atomic E-state index is 12.8. The zero-order valence-corrected chi connectivity index (χ0v) is 17.7. The van der Waals surface area contributed by atoms with Crippen LogP contribution in [0, 0.1) is 0 Å². The molecule has 1 amide bonds. The van der Waals surface area contributed by atoms with Crippen LogP contribution in [0.2, 0.25) is 5.02 Å². The molecule has 29 heavy (non-hydrogen) atoms. The van der Waals surface area contributed by atoms with Crippen LogP contribution in [0.5, 0.6) is 5.75 Å². The molecule has 2 aromatic carbocycles. The van der Waals surface area contributed by atoms with Crippen LogP contribution in [0.1, 0.15) is 12.5 Å². The van der Waals surface area contributed by atoms with Crippen molar-refractivity contribution in [3.63, 3.8) is 0 Å². The van der Waals surface area contributed by atoms with Crippen molar-refractivity contribution >= 4 is 33.6 Å². The lowest BCUT2D eigenvalue weighted by molar-refractivity contribution is -0.127. The van der Waals surface area contributed by atoms with E-state index in [1.165, 1.54) is 10.4 Å². The summed E-state index contributed by atoms with van der Waals surface area (Å²) in [7, 11) is -3.59. The number of piperazine rings is 1. The van der Waals surface area contributed by atoms with Gasteiger partial charge in [-0.25, -0.2) is 8.42 Å². The molecule has 1 aliphatic heterocycles. The van der Waals surface area contributed by atoms with Crippen LogP contribution in [0.25, 0.3) is 6.08 Å². The van der Waals surface area contributed by atoms with E-state index in [0.29, 0.717) is 30.5 Å². The second-order valence-corrected chi connectivity index (χ2v) is 8.89. The Bertz CT molecular complexity index is 965. The molecule has 0 aliphatic carbocycles. The van der Waals surface area contributed by atoms with E-state index in [4.69, 9.17) is 16.3 Å². The molecule has 0 unspecified atom stereocenters. The summed E-state index contributed by atoms with van der Waals surface area (Å²) in [6.07, 6.45) is 3.22. The minimum atomic E-state index is -3.59. The number of amides is 1. The Balaban J connectivity index is 1.58. The highest BCUT2D eigenvalue weighted by molar-refractivity contribution is 7.89. The SMILES string of the molecule is CCOc1ccc(S(=O)(=O)N2CCN(C(=O)/C=C/c3ccc(Cl)cc3)CC2)cc1. The largest absolute Gasteiger partial charge is 0.494 e. The summed E-state index contributed by atoms with van der Waals surface area (Å²) in [6.45, 7) is 3.61. The van der Waals surface area contributed by atoms with Gasteiger partial charge in [0.1, 0.15) is 5.75 Å². The number of carbonyl (C=O) groups is 1. The van der Waals surface area contributed by atoms with E-state index in [1.807, 2.05) is 19.1 Å². The van der Waals surface area contributed by atoms with E-state index in [1.54, 1.807) is 47.4 Å². The average molecular weight is 435 g/mol. The molecule has 3 rings (SSSR count). The summed E-state index contributed by atoms with van der Waals surface area (Å²) < 4.78 is 32.4. The first-order valence-electron chi connectivity index (χ1n) is 9.35. The lowest BCUT2D eigenvalue weighted by Gasteiger charge is -2.33. The Hall–Kier alpha value is -2.35. The number of hydrogen-bond donors (Lipinski definition) is 0. The van der Waals surface area contributed by atoms with Gasteiger partial charge in [-0.3, -0.25) is 4.79 Å². The van der Waals surface area contributed by atoms with Crippen molar-refractivity contribution in [2.75, 3.05) is 32.8 Å². The van der Waals surface area contributed by atoms with Gasteiger partial charge in [-0.2, -0.15) is 4.31 Å². The molecule has 2 aromatic rings. The zero-order valence-electron chi connectivity index (χ0n) is 16.1. The fourth-order valence-electron chi connectivity index (χ4n) is 3.02. The van der Waals surface area contributed by atoms with Crippen LogP contribution in [0.15, 0.2) is 59.5 Å². The molecule has 1 aliphatic rings. The van der Waals surface area contributed by atoms with Crippen LogP contribution in [-0.2, 0) is 14.8 Å². The fraction of sp³-hybridized carbons (Fsp3) is 0.286. The molecule has 0 aromatic heterocycles. The smallest absolute Gasteiger partial charge is 0.246 e. The summed E-state index contributed by atoms with van der Waals surface area (Å²) in [6, 6.07) is 13.6. The standard InChI is InChI=1S/C21H23ClN2O4S/c1-2-28-19-8-10-20(11-9-19)29(26,27)24-15-13-23(14-16-24)21(25)12-5-17-3-6-18(22)7-4-17/h3-12H,2,13-16H2,1H3/b12-5+. The molecule has 0 bridgehead atoms. The Morgan fingerprint density at radius 2 is 1.66 bits per heavy atom. The fourth-order valence-corrected chi connectivity index (χ4v) is 4.57. The second kappa shape index (κ2) is 9.43. The van der Waals surface area contributed by atoms with Crippen molar-refractivity contribution in [1.82, 2.24) is 9.21 Å². The number of nitrogens with zero attached hydrogens (tertiary/aromatic N) is 2. The summed E-state index contributed by atoms with van der Waals surface area (Å²) in [5.41, 5.74) is 0.875.